The maximum atomic E-state index is 12.1. The number of ether oxygens (including phenoxy) is 2. The van der Waals surface area contributed by atoms with Gasteiger partial charge in [-0.3, -0.25) is 0 Å². The lowest BCUT2D eigenvalue weighted by Gasteiger charge is -2.18. The van der Waals surface area contributed by atoms with Crippen LogP contribution in [0.2, 0.25) is 0 Å². The van der Waals surface area contributed by atoms with Crippen LogP contribution in [0.15, 0.2) is 47.6 Å². The predicted molar refractivity (Wildman–Crippen MR) is 91.5 cm³/mol. The zero-order valence-corrected chi connectivity index (χ0v) is 13.4. The second-order valence-corrected chi connectivity index (χ2v) is 5.08. The number of primary amides is 2. The van der Waals surface area contributed by atoms with Gasteiger partial charge < -0.3 is 31.5 Å². The van der Waals surface area contributed by atoms with Crippen LogP contribution in [-0.2, 0) is 14.3 Å². The number of carbonyl (C=O) groups excluding carboxylic acids is 3. The lowest BCUT2D eigenvalue weighted by molar-refractivity contribution is -0.137. The first-order valence-electron chi connectivity index (χ1n) is 7.34. The highest BCUT2D eigenvalue weighted by molar-refractivity contribution is 5.98. The molecule has 10 nitrogen and oxygen atoms in total. The molecule has 0 aliphatic carbocycles. The minimum atomic E-state index is -1.31. The zero-order chi connectivity index (χ0) is 19.1. The number of carbonyl (C=O) groups is 3. The summed E-state index contributed by atoms with van der Waals surface area (Å²) in [7, 11) is 0. The summed E-state index contributed by atoms with van der Waals surface area (Å²) < 4.78 is 8.86. The van der Waals surface area contributed by atoms with Gasteiger partial charge in [0.2, 0.25) is 5.90 Å². The second kappa shape index (κ2) is 8.33. The lowest BCUT2D eigenvalue weighted by atomic mass is 10.1. The lowest BCUT2D eigenvalue weighted by Crippen LogP contribution is -2.37. The molecule has 10 heteroatoms. The number of anilines is 1. The predicted octanol–water partition coefficient (Wildman–Crippen LogP) is 1.52. The molecule has 0 aliphatic heterocycles. The van der Waals surface area contributed by atoms with E-state index in [9.17, 15) is 14.4 Å². The molecule has 2 aromatic carbocycles. The Morgan fingerprint density at radius 2 is 1.69 bits per heavy atom. The number of nitrogens with two attached hydrogens (primary N) is 2. The Balaban J connectivity index is 2.32. The fraction of sp³-hybridized carbons (Fsp3) is 0.125. The highest BCUT2D eigenvalue weighted by atomic mass is 16.6. The summed E-state index contributed by atoms with van der Waals surface area (Å²) in [6.07, 6.45) is -2.97. The highest BCUT2D eigenvalue weighted by Gasteiger charge is 2.26. The quantitative estimate of drug-likeness (QED) is 0.156. The summed E-state index contributed by atoms with van der Waals surface area (Å²) in [5.74, 6) is -1.60. The van der Waals surface area contributed by atoms with E-state index in [0.717, 1.165) is 10.8 Å². The zero-order valence-electron chi connectivity index (χ0n) is 13.4. The number of hydrogen-bond donors (Lipinski definition) is 4. The van der Waals surface area contributed by atoms with Crippen molar-refractivity contribution in [2.45, 2.75) is 12.5 Å². The number of hydrogen-bond acceptors (Lipinski definition) is 8. The maximum Gasteiger partial charge on any atom is 0.412 e. The van der Waals surface area contributed by atoms with Crippen LogP contribution in [0.25, 0.3) is 10.8 Å². The first kappa shape index (κ1) is 18.5. The molecule has 2 aromatic rings. The minimum Gasteiger partial charge on any atom is -0.408 e. The third-order valence-corrected chi connectivity index (χ3v) is 3.31. The van der Waals surface area contributed by atoms with Crippen molar-refractivity contribution in [3.05, 3.63) is 42.5 Å². The van der Waals surface area contributed by atoms with Crippen molar-refractivity contribution in [2.24, 2.45) is 16.6 Å². The SMILES string of the molecule is NC(=O)OC(=O)C(C/C(=N\O)OC(N)=O)Nc1cccc2ccccc12. The monoisotopic (exact) mass is 360 g/mol. The van der Waals surface area contributed by atoms with Crippen LogP contribution in [0, 0.1) is 0 Å². The molecular weight excluding hydrogens is 344 g/mol. The molecular formula is C16H16N4O6. The maximum absolute atomic E-state index is 12.1. The second-order valence-electron chi connectivity index (χ2n) is 5.08. The van der Waals surface area contributed by atoms with Crippen LogP contribution in [0.3, 0.4) is 0 Å². The number of fused-ring (bicyclic) bond motifs is 1. The van der Waals surface area contributed by atoms with Gasteiger partial charge in [0.1, 0.15) is 6.04 Å². The van der Waals surface area contributed by atoms with E-state index in [1.165, 1.54) is 0 Å². The fourth-order valence-electron chi connectivity index (χ4n) is 2.30. The summed E-state index contributed by atoms with van der Waals surface area (Å²) in [5.41, 5.74) is 10.3. The van der Waals surface area contributed by atoms with E-state index in [2.05, 4.69) is 19.9 Å². The molecule has 0 saturated carbocycles. The molecule has 0 spiro atoms. The molecule has 1 unspecified atom stereocenters. The highest BCUT2D eigenvalue weighted by Crippen LogP contribution is 2.24. The van der Waals surface area contributed by atoms with Crippen molar-refractivity contribution in [3.8, 4) is 0 Å². The van der Waals surface area contributed by atoms with Gasteiger partial charge in [-0.05, 0) is 11.5 Å². The molecule has 2 rings (SSSR count). The molecule has 0 heterocycles. The number of nitrogens with zero attached hydrogens (tertiary/aromatic N) is 1. The smallest absolute Gasteiger partial charge is 0.408 e. The number of amides is 2. The van der Waals surface area contributed by atoms with Gasteiger partial charge in [-0.2, -0.15) is 0 Å². The molecule has 1 atom stereocenters. The molecule has 6 N–H and O–H groups in total. The molecule has 0 saturated heterocycles. The average Bonchev–Trinajstić information content (AvgIpc) is 2.59. The van der Waals surface area contributed by atoms with Crippen molar-refractivity contribution >= 4 is 40.5 Å². The van der Waals surface area contributed by atoms with E-state index in [4.69, 9.17) is 16.7 Å². The third kappa shape index (κ3) is 4.84. The first-order chi connectivity index (χ1) is 12.4. The Bertz CT molecular complexity index is 861. The number of nitrogens with one attached hydrogen (secondary N) is 1. The van der Waals surface area contributed by atoms with Gasteiger partial charge >= 0.3 is 18.2 Å². The summed E-state index contributed by atoms with van der Waals surface area (Å²) in [5, 5.41) is 16.2. The Kier molecular flexibility index (Phi) is 5.93. The van der Waals surface area contributed by atoms with E-state index in [0.29, 0.717) is 5.69 Å². The van der Waals surface area contributed by atoms with Gasteiger partial charge in [0.25, 0.3) is 0 Å². The van der Waals surface area contributed by atoms with Crippen molar-refractivity contribution in [1.29, 1.82) is 0 Å². The van der Waals surface area contributed by atoms with Gasteiger partial charge in [0.05, 0.1) is 6.42 Å². The van der Waals surface area contributed by atoms with E-state index in [1.54, 1.807) is 18.2 Å². The minimum absolute atomic E-state index is 0.436. The Morgan fingerprint density at radius 3 is 2.35 bits per heavy atom. The van der Waals surface area contributed by atoms with Gasteiger partial charge in [0.15, 0.2) is 0 Å². The van der Waals surface area contributed by atoms with Crippen LogP contribution in [-0.4, -0.2) is 35.3 Å². The standard InChI is InChI=1S/C16H16N4O6/c17-15(22)25-13(20-24)8-12(14(21)26-16(18)23)19-11-7-3-5-9-4-1-2-6-10(9)11/h1-7,12,19,24H,8H2,(H2,17,22)(H2,18,23)/b20-13+. The average molecular weight is 360 g/mol. The first-order valence-corrected chi connectivity index (χ1v) is 7.34. The van der Waals surface area contributed by atoms with E-state index in [-0.39, 0.29) is 0 Å². The number of esters is 1. The Labute approximate surface area is 147 Å². The molecule has 0 fully saturated rings. The van der Waals surface area contributed by atoms with E-state index < -0.39 is 36.5 Å². The van der Waals surface area contributed by atoms with Crippen LogP contribution in [0.4, 0.5) is 15.3 Å². The van der Waals surface area contributed by atoms with Crippen LogP contribution in [0.5, 0.6) is 0 Å². The molecule has 2 amide bonds. The van der Waals surface area contributed by atoms with Gasteiger partial charge in [0, 0.05) is 11.1 Å². The Morgan fingerprint density at radius 1 is 1.04 bits per heavy atom. The van der Waals surface area contributed by atoms with Crippen LogP contribution < -0.4 is 16.8 Å². The van der Waals surface area contributed by atoms with E-state index in [1.807, 2.05) is 24.3 Å². The normalized spacial score (nSPS) is 12.2. The largest absolute Gasteiger partial charge is 0.412 e. The van der Waals surface area contributed by atoms with Crippen molar-refractivity contribution < 1.29 is 29.1 Å². The molecule has 0 radical (unpaired) electrons. The summed E-state index contributed by atoms with van der Waals surface area (Å²) in [6, 6.07) is 11.4. The van der Waals surface area contributed by atoms with Gasteiger partial charge in [-0.15, -0.1) is 0 Å². The molecule has 0 aliphatic rings. The van der Waals surface area contributed by atoms with Crippen molar-refractivity contribution in [3.63, 3.8) is 0 Å². The number of oxime groups is 1. The van der Waals surface area contributed by atoms with Gasteiger partial charge in [-0.1, -0.05) is 41.6 Å². The summed E-state index contributed by atoms with van der Waals surface area (Å²) >= 11 is 0. The molecule has 136 valence electrons. The fourth-order valence-corrected chi connectivity index (χ4v) is 2.30. The number of rotatable bonds is 5. The van der Waals surface area contributed by atoms with Crippen LogP contribution >= 0.6 is 0 Å². The summed E-state index contributed by atoms with van der Waals surface area (Å²) in [4.78, 5) is 33.8. The summed E-state index contributed by atoms with van der Waals surface area (Å²) in [6.45, 7) is 0. The third-order valence-electron chi connectivity index (χ3n) is 3.31. The van der Waals surface area contributed by atoms with Gasteiger partial charge in [-0.25, -0.2) is 14.4 Å². The van der Waals surface area contributed by atoms with Crippen molar-refractivity contribution in [2.75, 3.05) is 5.32 Å². The topological polar surface area (TPSA) is 166 Å². The number of benzene rings is 2. The molecule has 0 aromatic heterocycles. The molecule has 26 heavy (non-hydrogen) atoms. The van der Waals surface area contributed by atoms with E-state index >= 15 is 0 Å². The molecule has 0 bridgehead atoms. The van der Waals surface area contributed by atoms with Crippen molar-refractivity contribution in [1.82, 2.24) is 0 Å². The Hall–Kier alpha value is -3.82. The van der Waals surface area contributed by atoms with Crippen LogP contribution in [0.1, 0.15) is 6.42 Å².